The van der Waals surface area contributed by atoms with Gasteiger partial charge < -0.3 is 19.8 Å². The minimum atomic E-state index is 0.540. The molecule has 0 spiro atoms. The van der Waals surface area contributed by atoms with Gasteiger partial charge in [-0.05, 0) is 31.0 Å². The second-order valence-corrected chi connectivity index (χ2v) is 4.98. The van der Waals surface area contributed by atoms with E-state index in [1.165, 1.54) is 12.8 Å². The Balaban J connectivity index is 1.75. The Morgan fingerprint density at radius 1 is 1.16 bits per heavy atom. The third-order valence-electron chi connectivity index (χ3n) is 3.59. The fourth-order valence-corrected chi connectivity index (χ4v) is 2.43. The van der Waals surface area contributed by atoms with E-state index in [1.54, 1.807) is 0 Å². The zero-order valence-corrected chi connectivity index (χ0v) is 10.5. The van der Waals surface area contributed by atoms with Gasteiger partial charge in [-0.1, -0.05) is 0 Å². The predicted molar refractivity (Wildman–Crippen MR) is 71.3 cm³/mol. The molecule has 5 heteroatoms. The first-order chi connectivity index (χ1) is 9.33. The number of fused-ring (bicyclic) bond motifs is 1. The Labute approximate surface area is 111 Å². The Morgan fingerprint density at radius 3 is 2.74 bits per heavy atom. The maximum atomic E-state index is 6.18. The molecule has 0 bridgehead atoms. The zero-order chi connectivity index (χ0) is 12.8. The van der Waals surface area contributed by atoms with Gasteiger partial charge in [0.05, 0.1) is 6.33 Å². The minimum Gasteiger partial charge on any atom is -0.486 e. The molecule has 98 valence electrons. The monoisotopic (exact) mass is 257 g/mol. The number of rotatable bonds is 2. The van der Waals surface area contributed by atoms with Crippen molar-refractivity contribution in [1.82, 2.24) is 9.55 Å². The Kier molecular flexibility index (Phi) is 2.21. The third-order valence-corrected chi connectivity index (χ3v) is 3.59. The molecule has 1 aliphatic carbocycles. The number of nitrogen functional groups attached to an aromatic ring is 1. The summed E-state index contributed by atoms with van der Waals surface area (Å²) in [4.78, 5) is 4.44. The molecule has 0 amide bonds. The number of nitrogens with zero attached hydrogens (tertiary/aromatic N) is 2. The molecular weight excluding hydrogens is 242 g/mol. The molecule has 2 aliphatic rings. The largest absolute Gasteiger partial charge is 0.486 e. The van der Waals surface area contributed by atoms with Gasteiger partial charge in [-0.3, -0.25) is 0 Å². The zero-order valence-electron chi connectivity index (χ0n) is 10.5. The highest BCUT2D eigenvalue weighted by atomic mass is 16.6. The van der Waals surface area contributed by atoms with Gasteiger partial charge in [-0.15, -0.1) is 0 Å². The first kappa shape index (κ1) is 10.7. The van der Waals surface area contributed by atoms with Crippen LogP contribution in [0.5, 0.6) is 11.5 Å². The van der Waals surface area contributed by atoms with Gasteiger partial charge >= 0.3 is 0 Å². The van der Waals surface area contributed by atoms with Crippen LogP contribution in [0.2, 0.25) is 0 Å². The highest BCUT2D eigenvalue weighted by Gasteiger charge is 2.26. The summed E-state index contributed by atoms with van der Waals surface area (Å²) in [6.07, 6.45) is 4.22. The molecule has 1 saturated carbocycles. The molecule has 0 saturated heterocycles. The van der Waals surface area contributed by atoms with Crippen molar-refractivity contribution in [2.45, 2.75) is 18.9 Å². The van der Waals surface area contributed by atoms with Crippen LogP contribution in [-0.4, -0.2) is 22.8 Å². The van der Waals surface area contributed by atoms with Gasteiger partial charge in [-0.2, -0.15) is 0 Å². The second-order valence-electron chi connectivity index (χ2n) is 4.98. The molecule has 1 aliphatic heterocycles. The minimum absolute atomic E-state index is 0.540. The van der Waals surface area contributed by atoms with Crippen molar-refractivity contribution in [2.24, 2.45) is 0 Å². The van der Waals surface area contributed by atoms with E-state index < -0.39 is 0 Å². The van der Waals surface area contributed by atoms with Crippen LogP contribution in [0.1, 0.15) is 18.9 Å². The van der Waals surface area contributed by atoms with Crippen LogP contribution < -0.4 is 15.2 Å². The summed E-state index contributed by atoms with van der Waals surface area (Å²) in [6, 6.07) is 6.38. The van der Waals surface area contributed by atoms with Crippen LogP contribution in [0.4, 0.5) is 5.82 Å². The summed E-state index contributed by atoms with van der Waals surface area (Å²) in [5, 5.41) is 0. The average Bonchev–Trinajstić information content (AvgIpc) is 3.21. The normalized spacial score (nSPS) is 17.5. The van der Waals surface area contributed by atoms with Crippen LogP contribution in [-0.2, 0) is 0 Å². The summed E-state index contributed by atoms with van der Waals surface area (Å²) >= 11 is 0. The van der Waals surface area contributed by atoms with E-state index in [4.69, 9.17) is 15.2 Å². The Hall–Kier alpha value is -2.17. The van der Waals surface area contributed by atoms with Gasteiger partial charge in [0.25, 0.3) is 0 Å². The summed E-state index contributed by atoms with van der Waals surface area (Å²) in [5.41, 5.74) is 7.98. The van der Waals surface area contributed by atoms with Crippen LogP contribution in [0.25, 0.3) is 11.3 Å². The number of nitrogens with two attached hydrogens (primary N) is 1. The van der Waals surface area contributed by atoms with Crippen molar-refractivity contribution in [3.63, 3.8) is 0 Å². The lowest BCUT2D eigenvalue weighted by atomic mass is 10.1. The summed E-state index contributed by atoms with van der Waals surface area (Å²) in [6.45, 7) is 1.19. The second kappa shape index (κ2) is 3.91. The lowest BCUT2D eigenvalue weighted by Gasteiger charge is -2.18. The van der Waals surface area contributed by atoms with E-state index in [1.807, 2.05) is 24.5 Å². The highest BCUT2D eigenvalue weighted by molar-refractivity contribution is 5.73. The molecule has 5 nitrogen and oxygen atoms in total. The molecule has 1 fully saturated rings. The van der Waals surface area contributed by atoms with E-state index >= 15 is 0 Å². The smallest absolute Gasteiger partial charge is 0.162 e. The maximum Gasteiger partial charge on any atom is 0.162 e. The first-order valence-corrected chi connectivity index (χ1v) is 6.55. The summed E-state index contributed by atoms with van der Waals surface area (Å²) in [7, 11) is 0. The molecular formula is C14H15N3O2. The number of anilines is 1. The standard InChI is InChI=1S/C14H15N3O2/c15-14-13(16-8-17(14)10-2-3-10)9-1-4-11-12(7-9)19-6-5-18-11/h1,4,7-8,10H,2-3,5-6,15H2. The van der Waals surface area contributed by atoms with E-state index in [9.17, 15) is 0 Å². The highest BCUT2D eigenvalue weighted by Crippen LogP contribution is 2.40. The predicted octanol–water partition coefficient (Wildman–Crippen LogP) is 2.24. The first-order valence-electron chi connectivity index (χ1n) is 6.55. The van der Waals surface area contributed by atoms with E-state index in [2.05, 4.69) is 9.55 Å². The number of aromatic nitrogens is 2. The number of hydrogen-bond donors (Lipinski definition) is 1. The lowest BCUT2D eigenvalue weighted by Crippen LogP contribution is -2.15. The average molecular weight is 257 g/mol. The lowest BCUT2D eigenvalue weighted by molar-refractivity contribution is 0.171. The van der Waals surface area contributed by atoms with Crippen molar-refractivity contribution in [3.05, 3.63) is 24.5 Å². The van der Waals surface area contributed by atoms with Crippen molar-refractivity contribution in [2.75, 3.05) is 18.9 Å². The fourth-order valence-electron chi connectivity index (χ4n) is 2.43. The molecule has 2 aromatic rings. The molecule has 4 rings (SSSR count). The van der Waals surface area contributed by atoms with Crippen LogP contribution in [0.15, 0.2) is 24.5 Å². The van der Waals surface area contributed by atoms with Crippen LogP contribution >= 0.6 is 0 Å². The van der Waals surface area contributed by atoms with Crippen molar-refractivity contribution in [1.29, 1.82) is 0 Å². The van der Waals surface area contributed by atoms with E-state index in [0.717, 1.165) is 28.6 Å². The van der Waals surface area contributed by atoms with Gasteiger partial charge in [0.15, 0.2) is 11.5 Å². The van der Waals surface area contributed by atoms with Crippen molar-refractivity contribution < 1.29 is 9.47 Å². The molecule has 0 unspecified atom stereocenters. The molecule has 2 N–H and O–H groups in total. The number of benzene rings is 1. The van der Waals surface area contributed by atoms with Gasteiger partial charge in [0.2, 0.25) is 0 Å². The molecule has 19 heavy (non-hydrogen) atoms. The molecule has 1 aromatic heterocycles. The maximum absolute atomic E-state index is 6.18. The molecule has 2 heterocycles. The van der Waals surface area contributed by atoms with Gasteiger partial charge in [0, 0.05) is 11.6 Å². The quantitative estimate of drug-likeness (QED) is 0.896. The van der Waals surface area contributed by atoms with Gasteiger partial charge in [-0.25, -0.2) is 4.98 Å². The number of ether oxygens (including phenoxy) is 2. The van der Waals surface area contributed by atoms with Gasteiger partial charge in [0.1, 0.15) is 24.7 Å². The van der Waals surface area contributed by atoms with Crippen molar-refractivity contribution in [3.8, 4) is 22.8 Å². The molecule has 0 atom stereocenters. The SMILES string of the molecule is Nc1c(-c2ccc3c(c2)OCCO3)ncn1C1CC1. The molecule has 0 radical (unpaired) electrons. The Bertz CT molecular complexity index is 632. The van der Waals surface area contributed by atoms with Crippen molar-refractivity contribution >= 4 is 5.82 Å². The van der Waals surface area contributed by atoms with E-state index in [0.29, 0.717) is 19.3 Å². The number of hydrogen-bond acceptors (Lipinski definition) is 4. The Morgan fingerprint density at radius 2 is 1.95 bits per heavy atom. The van der Waals surface area contributed by atoms with Crippen LogP contribution in [0.3, 0.4) is 0 Å². The molecule has 1 aromatic carbocycles. The summed E-state index contributed by atoms with van der Waals surface area (Å²) in [5.74, 6) is 2.29. The fraction of sp³-hybridized carbons (Fsp3) is 0.357. The van der Waals surface area contributed by atoms with Crippen LogP contribution in [0, 0.1) is 0 Å². The van der Waals surface area contributed by atoms with E-state index in [-0.39, 0.29) is 0 Å². The topological polar surface area (TPSA) is 62.3 Å². The number of imidazole rings is 1. The third kappa shape index (κ3) is 1.73. The summed E-state index contributed by atoms with van der Waals surface area (Å²) < 4.78 is 13.2.